The van der Waals surface area contributed by atoms with E-state index in [0.29, 0.717) is 5.56 Å². The van der Waals surface area contributed by atoms with Crippen LogP contribution < -0.4 is 10.6 Å². The van der Waals surface area contributed by atoms with Gasteiger partial charge >= 0.3 is 5.97 Å². The van der Waals surface area contributed by atoms with Gasteiger partial charge in [-0.1, -0.05) is 18.2 Å². The minimum atomic E-state index is -0.974. The highest BCUT2D eigenvalue weighted by Crippen LogP contribution is 2.08. The molecular weight excluding hydrogens is 272 g/mol. The molecule has 2 amide bonds. The number of hydrogen-bond acceptors (Lipinski definition) is 3. The molecule has 0 aliphatic heterocycles. The normalized spacial score (nSPS) is 10.8. The van der Waals surface area contributed by atoms with Crippen LogP contribution in [0.3, 0.4) is 0 Å². The molecule has 0 radical (unpaired) electrons. The van der Waals surface area contributed by atoms with E-state index in [1.54, 1.807) is 38.1 Å². The third-order valence-corrected chi connectivity index (χ3v) is 2.74. The van der Waals surface area contributed by atoms with Crippen molar-refractivity contribution in [1.82, 2.24) is 10.6 Å². The summed E-state index contributed by atoms with van der Waals surface area (Å²) in [5, 5.41) is 14.0. The molecule has 0 fully saturated rings. The van der Waals surface area contributed by atoms with E-state index in [4.69, 9.17) is 5.11 Å². The van der Waals surface area contributed by atoms with Gasteiger partial charge in [0.2, 0.25) is 5.91 Å². The van der Waals surface area contributed by atoms with Crippen LogP contribution in [0.15, 0.2) is 30.3 Å². The quantitative estimate of drug-likeness (QED) is 0.703. The Hall–Kier alpha value is -2.37. The fourth-order valence-corrected chi connectivity index (χ4v) is 1.84. The Morgan fingerprint density at radius 3 is 2.33 bits per heavy atom. The van der Waals surface area contributed by atoms with Gasteiger partial charge in [0, 0.05) is 24.1 Å². The molecule has 0 aliphatic rings. The van der Waals surface area contributed by atoms with Crippen molar-refractivity contribution in [2.45, 2.75) is 32.2 Å². The Morgan fingerprint density at radius 2 is 1.76 bits per heavy atom. The lowest BCUT2D eigenvalue weighted by atomic mass is 10.0. The predicted molar refractivity (Wildman–Crippen MR) is 77.9 cm³/mol. The second-order valence-electron chi connectivity index (χ2n) is 5.37. The smallest absolute Gasteiger partial charge is 0.305 e. The lowest BCUT2D eigenvalue weighted by molar-refractivity contribution is -0.138. The van der Waals surface area contributed by atoms with E-state index in [2.05, 4.69) is 10.6 Å². The second-order valence-corrected chi connectivity index (χ2v) is 5.37. The summed E-state index contributed by atoms with van der Waals surface area (Å²) in [6, 6.07) is 8.71. The van der Waals surface area contributed by atoms with E-state index < -0.39 is 11.5 Å². The van der Waals surface area contributed by atoms with Crippen molar-refractivity contribution >= 4 is 17.8 Å². The number of carboxylic acid groups (broad SMARTS) is 1. The number of hydrogen-bond donors (Lipinski definition) is 3. The SMILES string of the molecule is CC(C)(CC(=O)O)NC(=O)CCNC(=O)c1ccccc1. The Labute approximate surface area is 123 Å². The van der Waals surface area contributed by atoms with Gasteiger partial charge in [0.1, 0.15) is 0 Å². The van der Waals surface area contributed by atoms with Gasteiger partial charge < -0.3 is 15.7 Å². The molecule has 6 heteroatoms. The third-order valence-electron chi connectivity index (χ3n) is 2.74. The van der Waals surface area contributed by atoms with Crippen molar-refractivity contribution in [3.8, 4) is 0 Å². The molecule has 0 spiro atoms. The number of benzene rings is 1. The maximum Gasteiger partial charge on any atom is 0.305 e. The molecule has 3 N–H and O–H groups in total. The van der Waals surface area contributed by atoms with E-state index >= 15 is 0 Å². The molecule has 1 aromatic rings. The first-order valence-electron chi connectivity index (χ1n) is 6.66. The van der Waals surface area contributed by atoms with Crippen LogP contribution in [0.2, 0.25) is 0 Å². The van der Waals surface area contributed by atoms with Crippen molar-refractivity contribution in [2.24, 2.45) is 0 Å². The number of aliphatic carboxylic acids is 1. The lowest BCUT2D eigenvalue weighted by Crippen LogP contribution is -2.45. The molecule has 0 aromatic heterocycles. The number of amides is 2. The molecule has 0 heterocycles. The van der Waals surface area contributed by atoms with Crippen molar-refractivity contribution in [1.29, 1.82) is 0 Å². The molecule has 0 saturated carbocycles. The molecule has 0 bridgehead atoms. The summed E-state index contributed by atoms with van der Waals surface area (Å²) >= 11 is 0. The second kappa shape index (κ2) is 7.42. The van der Waals surface area contributed by atoms with E-state index in [1.807, 2.05) is 6.07 Å². The average molecular weight is 292 g/mol. The molecule has 0 aliphatic carbocycles. The predicted octanol–water partition coefficient (Wildman–Crippen LogP) is 1.18. The van der Waals surface area contributed by atoms with Crippen LogP contribution in [0.1, 0.15) is 37.0 Å². The molecule has 0 atom stereocenters. The highest BCUT2D eigenvalue weighted by atomic mass is 16.4. The summed E-state index contributed by atoms with van der Waals surface area (Å²) in [5.41, 5.74) is -0.282. The van der Waals surface area contributed by atoms with E-state index in [9.17, 15) is 14.4 Å². The molecule has 114 valence electrons. The number of carboxylic acids is 1. The van der Waals surface area contributed by atoms with Crippen molar-refractivity contribution in [2.75, 3.05) is 6.54 Å². The summed E-state index contributed by atoms with van der Waals surface area (Å²) in [7, 11) is 0. The summed E-state index contributed by atoms with van der Waals surface area (Å²) < 4.78 is 0. The first kappa shape index (κ1) is 16.7. The first-order chi connectivity index (χ1) is 9.80. The largest absolute Gasteiger partial charge is 0.481 e. The fraction of sp³-hybridized carbons (Fsp3) is 0.400. The van der Waals surface area contributed by atoms with Gasteiger partial charge in [0.15, 0.2) is 0 Å². The van der Waals surface area contributed by atoms with Gasteiger partial charge in [-0.15, -0.1) is 0 Å². The molecule has 21 heavy (non-hydrogen) atoms. The van der Waals surface area contributed by atoms with Crippen LogP contribution in [-0.2, 0) is 9.59 Å². The fourth-order valence-electron chi connectivity index (χ4n) is 1.84. The maximum atomic E-state index is 11.7. The van der Waals surface area contributed by atoms with Gasteiger partial charge in [-0.3, -0.25) is 14.4 Å². The van der Waals surface area contributed by atoms with E-state index in [-0.39, 0.29) is 31.2 Å². The topological polar surface area (TPSA) is 95.5 Å². The number of rotatable bonds is 7. The Balaban J connectivity index is 2.34. The average Bonchev–Trinajstić information content (AvgIpc) is 2.37. The van der Waals surface area contributed by atoms with Gasteiger partial charge in [-0.05, 0) is 26.0 Å². The van der Waals surface area contributed by atoms with Crippen LogP contribution >= 0.6 is 0 Å². The van der Waals surface area contributed by atoms with Gasteiger partial charge in [-0.2, -0.15) is 0 Å². The van der Waals surface area contributed by atoms with Gasteiger partial charge in [0.05, 0.1) is 6.42 Å². The number of carbonyl (C=O) groups is 3. The highest BCUT2D eigenvalue weighted by molar-refractivity contribution is 5.94. The monoisotopic (exact) mass is 292 g/mol. The zero-order chi connectivity index (χ0) is 15.9. The third kappa shape index (κ3) is 6.56. The number of carbonyl (C=O) groups excluding carboxylic acids is 2. The van der Waals surface area contributed by atoms with Crippen LogP contribution in [0.4, 0.5) is 0 Å². The molecule has 0 unspecified atom stereocenters. The number of nitrogens with one attached hydrogen (secondary N) is 2. The van der Waals surface area contributed by atoms with Gasteiger partial charge in [0.25, 0.3) is 5.91 Å². The minimum Gasteiger partial charge on any atom is -0.481 e. The van der Waals surface area contributed by atoms with Crippen molar-refractivity contribution < 1.29 is 19.5 Å². The van der Waals surface area contributed by atoms with Crippen LogP contribution in [0.5, 0.6) is 0 Å². The van der Waals surface area contributed by atoms with E-state index in [0.717, 1.165) is 0 Å². The lowest BCUT2D eigenvalue weighted by Gasteiger charge is -2.24. The molecule has 1 rings (SSSR count). The zero-order valence-corrected chi connectivity index (χ0v) is 12.2. The van der Waals surface area contributed by atoms with Crippen molar-refractivity contribution in [3.63, 3.8) is 0 Å². The zero-order valence-electron chi connectivity index (χ0n) is 12.2. The Kier molecular flexibility index (Phi) is 5.90. The Bertz CT molecular complexity index is 512. The molecule has 1 aromatic carbocycles. The van der Waals surface area contributed by atoms with E-state index in [1.165, 1.54) is 0 Å². The first-order valence-corrected chi connectivity index (χ1v) is 6.66. The summed E-state index contributed by atoms with van der Waals surface area (Å²) in [5.74, 6) is -1.51. The van der Waals surface area contributed by atoms with Crippen LogP contribution in [0.25, 0.3) is 0 Å². The highest BCUT2D eigenvalue weighted by Gasteiger charge is 2.23. The summed E-state index contributed by atoms with van der Waals surface area (Å²) in [6.07, 6.45) is -0.0588. The summed E-state index contributed by atoms with van der Waals surface area (Å²) in [6.45, 7) is 3.48. The maximum absolute atomic E-state index is 11.7. The van der Waals surface area contributed by atoms with Gasteiger partial charge in [-0.25, -0.2) is 0 Å². The Morgan fingerprint density at radius 1 is 1.14 bits per heavy atom. The van der Waals surface area contributed by atoms with Crippen molar-refractivity contribution in [3.05, 3.63) is 35.9 Å². The standard InChI is InChI=1S/C15H20N2O4/c1-15(2,10-13(19)20)17-12(18)8-9-16-14(21)11-6-4-3-5-7-11/h3-7H,8-10H2,1-2H3,(H,16,21)(H,17,18)(H,19,20). The van der Waals surface area contributed by atoms with Crippen LogP contribution in [-0.4, -0.2) is 35.0 Å². The molecular formula is C15H20N2O4. The minimum absolute atomic E-state index is 0.0988. The molecule has 6 nitrogen and oxygen atoms in total. The van der Waals surface area contributed by atoms with Crippen LogP contribution in [0, 0.1) is 0 Å². The summed E-state index contributed by atoms with van der Waals surface area (Å²) in [4.78, 5) is 34.1. The molecule has 0 saturated heterocycles.